The van der Waals surface area contributed by atoms with Crippen molar-refractivity contribution in [1.29, 1.82) is 0 Å². The van der Waals surface area contributed by atoms with Crippen LogP contribution in [0.1, 0.15) is 26.3 Å². The van der Waals surface area contributed by atoms with Crippen LogP contribution in [0.4, 0.5) is 0 Å². The summed E-state index contributed by atoms with van der Waals surface area (Å²) in [5.41, 5.74) is 3.77. The van der Waals surface area contributed by atoms with Crippen molar-refractivity contribution in [1.82, 2.24) is 10.3 Å². The summed E-state index contributed by atoms with van der Waals surface area (Å²) in [5, 5.41) is 3.81. The van der Waals surface area contributed by atoms with Gasteiger partial charge >= 0.3 is 0 Å². The summed E-state index contributed by atoms with van der Waals surface area (Å²) in [4.78, 5) is 37.0. The van der Waals surface area contributed by atoms with E-state index in [9.17, 15) is 14.4 Å². The zero-order chi connectivity index (χ0) is 16.2. The molecule has 0 aliphatic carbocycles. The predicted molar refractivity (Wildman–Crippen MR) is 84.0 cm³/mol. The Morgan fingerprint density at radius 1 is 0.957 bits per heavy atom. The lowest BCUT2D eigenvalue weighted by Crippen LogP contribution is -2.38. The molecule has 3 rings (SSSR count). The maximum absolute atomic E-state index is 12.1. The van der Waals surface area contributed by atoms with E-state index in [-0.39, 0.29) is 6.54 Å². The molecule has 0 aromatic heterocycles. The summed E-state index contributed by atoms with van der Waals surface area (Å²) in [7, 11) is 0. The lowest BCUT2D eigenvalue weighted by atomic mass is 10.1. The lowest BCUT2D eigenvalue weighted by molar-refractivity contribution is -0.121. The Morgan fingerprint density at radius 2 is 1.52 bits per heavy atom. The minimum Gasteiger partial charge on any atom is -0.271 e. The van der Waals surface area contributed by atoms with Crippen molar-refractivity contribution in [3.63, 3.8) is 0 Å². The zero-order valence-corrected chi connectivity index (χ0v) is 12.1. The summed E-state index contributed by atoms with van der Waals surface area (Å²) in [6.45, 7) is -0.363. The average Bonchev–Trinajstić information content (AvgIpc) is 2.81. The number of hydrogen-bond donors (Lipinski definition) is 1. The molecule has 0 saturated heterocycles. The van der Waals surface area contributed by atoms with E-state index in [1.807, 2.05) is 30.3 Å². The topological polar surface area (TPSA) is 78.8 Å². The number of nitrogens with one attached hydrogen (secondary N) is 1. The van der Waals surface area contributed by atoms with E-state index in [1.54, 1.807) is 24.3 Å². The molecular formula is C17H13N3O3. The van der Waals surface area contributed by atoms with Crippen molar-refractivity contribution in [3.05, 3.63) is 71.3 Å². The predicted octanol–water partition coefficient (Wildman–Crippen LogP) is 1.43. The number of hydrazone groups is 1. The summed E-state index contributed by atoms with van der Waals surface area (Å²) < 4.78 is 0. The van der Waals surface area contributed by atoms with Crippen LogP contribution in [0.25, 0.3) is 0 Å². The van der Waals surface area contributed by atoms with Crippen molar-refractivity contribution in [2.24, 2.45) is 5.10 Å². The number of carbonyl (C=O) groups is 3. The minimum absolute atomic E-state index is 0.318. The maximum Gasteiger partial charge on any atom is 0.262 e. The highest BCUT2D eigenvalue weighted by molar-refractivity contribution is 6.22. The van der Waals surface area contributed by atoms with E-state index in [4.69, 9.17) is 0 Å². The average molecular weight is 307 g/mol. The number of amides is 3. The van der Waals surface area contributed by atoms with Crippen LogP contribution in [0.3, 0.4) is 0 Å². The van der Waals surface area contributed by atoms with Gasteiger partial charge in [-0.25, -0.2) is 5.43 Å². The largest absolute Gasteiger partial charge is 0.271 e. The molecule has 1 heterocycles. The molecule has 6 heteroatoms. The van der Waals surface area contributed by atoms with E-state index in [0.29, 0.717) is 11.1 Å². The minimum atomic E-state index is -0.535. The molecule has 2 aromatic rings. The molecule has 23 heavy (non-hydrogen) atoms. The second-order valence-electron chi connectivity index (χ2n) is 4.95. The van der Waals surface area contributed by atoms with Gasteiger partial charge in [-0.05, 0) is 17.7 Å². The van der Waals surface area contributed by atoms with Crippen molar-refractivity contribution in [2.75, 3.05) is 6.54 Å². The molecule has 1 aliphatic rings. The third-order valence-corrected chi connectivity index (χ3v) is 3.38. The highest BCUT2D eigenvalue weighted by Crippen LogP contribution is 2.21. The van der Waals surface area contributed by atoms with E-state index in [1.165, 1.54) is 6.21 Å². The molecule has 6 nitrogen and oxygen atoms in total. The van der Waals surface area contributed by atoms with E-state index in [0.717, 1.165) is 10.5 Å². The summed E-state index contributed by atoms with van der Waals surface area (Å²) in [6.07, 6.45) is 1.49. The molecule has 3 amide bonds. The van der Waals surface area contributed by atoms with Crippen LogP contribution in [-0.2, 0) is 4.79 Å². The second kappa shape index (κ2) is 6.23. The van der Waals surface area contributed by atoms with Crippen molar-refractivity contribution in [2.45, 2.75) is 0 Å². The van der Waals surface area contributed by atoms with Gasteiger partial charge in [0.15, 0.2) is 0 Å². The molecule has 0 atom stereocenters. The third kappa shape index (κ3) is 3.01. The summed E-state index contributed by atoms with van der Waals surface area (Å²) >= 11 is 0. The van der Waals surface area contributed by atoms with Crippen molar-refractivity contribution >= 4 is 23.9 Å². The van der Waals surface area contributed by atoms with Crippen LogP contribution in [-0.4, -0.2) is 35.4 Å². The van der Waals surface area contributed by atoms with Crippen molar-refractivity contribution in [3.8, 4) is 0 Å². The van der Waals surface area contributed by atoms with Gasteiger partial charge in [0.25, 0.3) is 17.7 Å². The Morgan fingerprint density at radius 3 is 2.13 bits per heavy atom. The number of nitrogens with zero attached hydrogens (tertiary/aromatic N) is 2. The first kappa shape index (κ1) is 14.6. The van der Waals surface area contributed by atoms with Gasteiger partial charge in [-0.2, -0.15) is 5.10 Å². The Bertz CT molecular complexity index is 765. The Balaban J connectivity index is 1.62. The Labute approximate surface area is 132 Å². The molecule has 0 radical (unpaired) electrons. The van der Waals surface area contributed by atoms with Gasteiger partial charge in [-0.3, -0.25) is 19.3 Å². The third-order valence-electron chi connectivity index (χ3n) is 3.38. The van der Waals surface area contributed by atoms with Crippen molar-refractivity contribution < 1.29 is 14.4 Å². The van der Waals surface area contributed by atoms with Crippen LogP contribution < -0.4 is 5.43 Å². The monoisotopic (exact) mass is 307 g/mol. The first-order valence-electron chi connectivity index (χ1n) is 6.99. The zero-order valence-electron chi connectivity index (χ0n) is 12.1. The molecule has 0 unspecified atom stereocenters. The molecular weight excluding hydrogens is 294 g/mol. The van der Waals surface area contributed by atoms with Gasteiger partial charge in [0, 0.05) is 0 Å². The molecule has 0 spiro atoms. The first-order chi connectivity index (χ1) is 11.2. The van der Waals surface area contributed by atoms with Gasteiger partial charge in [0.1, 0.15) is 6.54 Å². The number of imide groups is 1. The highest BCUT2D eigenvalue weighted by atomic mass is 16.2. The SMILES string of the molecule is O=C(CN1C(=O)c2ccccc2C1=O)N/N=C/c1ccccc1. The van der Waals surface area contributed by atoms with E-state index >= 15 is 0 Å². The van der Waals surface area contributed by atoms with Crippen LogP contribution in [0, 0.1) is 0 Å². The molecule has 114 valence electrons. The Kier molecular flexibility index (Phi) is 3.97. The fraction of sp³-hybridized carbons (Fsp3) is 0.0588. The molecule has 0 bridgehead atoms. The Hall–Kier alpha value is -3.28. The molecule has 0 saturated carbocycles. The van der Waals surface area contributed by atoms with E-state index in [2.05, 4.69) is 10.5 Å². The maximum atomic E-state index is 12.1. The molecule has 1 N–H and O–H groups in total. The molecule has 2 aromatic carbocycles. The fourth-order valence-corrected chi connectivity index (χ4v) is 2.28. The smallest absolute Gasteiger partial charge is 0.262 e. The number of benzene rings is 2. The van der Waals surface area contributed by atoms with Gasteiger partial charge in [-0.15, -0.1) is 0 Å². The van der Waals surface area contributed by atoms with Crippen LogP contribution in [0.5, 0.6) is 0 Å². The second-order valence-corrected chi connectivity index (χ2v) is 4.95. The quantitative estimate of drug-likeness (QED) is 0.527. The van der Waals surface area contributed by atoms with Gasteiger partial charge in [0.05, 0.1) is 17.3 Å². The first-order valence-corrected chi connectivity index (χ1v) is 6.99. The lowest BCUT2D eigenvalue weighted by Gasteiger charge is -2.11. The number of hydrogen-bond acceptors (Lipinski definition) is 4. The summed E-state index contributed by atoms with van der Waals surface area (Å²) in [5.74, 6) is -1.47. The molecule has 0 fully saturated rings. The number of rotatable bonds is 4. The number of carbonyl (C=O) groups excluding carboxylic acids is 3. The van der Waals surface area contributed by atoms with Gasteiger partial charge in [-0.1, -0.05) is 42.5 Å². The van der Waals surface area contributed by atoms with E-state index < -0.39 is 17.7 Å². The van der Waals surface area contributed by atoms with Crippen LogP contribution >= 0.6 is 0 Å². The van der Waals surface area contributed by atoms with Crippen LogP contribution in [0.2, 0.25) is 0 Å². The normalized spacial score (nSPS) is 13.5. The molecule has 1 aliphatic heterocycles. The van der Waals surface area contributed by atoms with Gasteiger partial charge < -0.3 is 0 Å². The van der Waals surface area contributed by atoms with Crippen LogP contribution in [0.15, 0.2) is 59.7 Å². The fourth-order valence-electron chi connectivity index (χ4n) is 2.28. The standard InChI is InChI=1S/C17H13N3O3/c21-15(19-18-10-12-6-2-1-3-7-12)11-20-16(22)13-8-4-5-9-14(13)17(20)23/h1-10H,11H2,(H,19,21)/b18-10+. The number of fused-ring (bicyclic) bond motifs is 1. The highest BCUT2D eigenvalue weighted by Gasteiger charge is 2.36. The summed E-state index contributed by atoms with van der Waals surface area (Å²) in [6, 6.07) is 15.7. The van der Waals surface area contributed by atoms with Gasteiger partial charge in [0.2, 0.25) is 0 Å².